The summed E-state index contributed by atoms with van der Waals surface area (Å²) < 4.78 is 0. The molecule has 1 aromatic rings. The van der Waals surface area contributed by atoms with Crippen LogP contribution in [-0.2, 0) is 0 Å². The maximum absolute atomic E-state index is 11.4. The smallest absolute Gasteiger partial charge is 0.407 e. The Balaban J connectivity index is 2.16. The lowest BCUT2D eigenvalue weighted by atomic mass is 9.84. The molecular weight excluding hydrogens is 266 g/mol. The van der Waals surface area contributed by atoms with Crippen molar-refractivity contribution in [2.45, 2.75) is 33.0 Å². The van der Waals surface area contributed by atoms with Crippen LogP contribution in [0.25, 0.3) is 0 Å². The lowest BCUT2D eigenvalue weighted by molar-refractivity contribution is 0.00625. The second-order valence-corrected chi connectivity index (χ2v) is 6.71. The van der Waals surface area contributed by atoms with E-state index in [-0.39, 0.29) is 17.6 Å². The van der Waals surface area contributed by atoms with Gasteiger partial charge in [-0.2, -0.15) is 0 Å². The average Bonchev–Trinajstić information content (AvgIpc) is 2.45. The second kappa shape index (κ2) is 6.03. The lowest BCUT2D eigenvalue weighted by Gasteiger charge is -2.47. The number of hydrogen-bond acceptors (Lipinski definition) is 3. The van der Waals surface area contributed by atoms with Crippen molar-refractivity contribution in [2.24, 2.45) is 11.1 Å². The summed E-state index contributed by atoms with van der Waals surface area (Å²) in [6.45, 7) is 8.04. The molecule has 0 aliphatic carbocycles. The van der Waals surface area contributed by atoms with Gasteiger partial charge in [-0.15, -0.1) is 0 Å². The molecule has 0 saturated carbocycles. The molecule has 0 bridgehead atoms. The van der Waals surface area contributed by atoms with Gasteiger partial charge in [-0.05, 0) is 11.0 Å². The van der Waals surface area contributed by atoms with Crippen LogP contribution in [0.4, 0.5) is 4.79 Å². The first-order chi connectivity index (χ1) is 9.80. The van der Waals surface area contributed by atoms with Crippen molar-refractivity contribution >= 4 is 6.09 Å². The molecule has 2 unspecified atom stereocenters. The van der Waals surface area contributed by atoms with Gasteiger partial charge in [-0.1, -0.05) is 51.1 Å². The number of carboxylic acid groups (broad SMARTS) is 1. The minimum absolute atomic E-state index is 0.0569. The van der Waals surface area contributed by atoms with Gasteiger partial charge in [0.25, 0.3) is 0 Å². The van der Waals surface area contributed by atoms with E-state index in [1.165, 1.54) is 0 Å². The van der Waals surface area contributed by atoms with Crippen molar-refractivity contribution in [1.29, 1.82) is 0 Å². The summed E-state index contributed by atoms with van der Waals surface area (Å²) in [5, 5.41) is 9.39. The molecule has 3 N–H and O–H groups in total. The van der Waals surface area contributed by atoms with E-state index in [4.69, 9.17) is 5.73 Å². The third kappa shape index (κ3) is 3.54. The number of benzene rings is 1. The molecule has 2 rings (SSSR count). The lowest BCUT2D eigenvalue weighted by Crippen LogP contribution is -2.60. The van der Waals surface area contributed by atoms with E-state index in [1.54, 1.807) is 4.90 Å². The minimum atomic E-state index is -0.845. The highest BCUT2D eigenvalue weighted by atomic mass is 16.4. The standard InChI is InChI=1S/C16H25N3O2/c1-16(2,3)13-11-18(9-10-19(13)15(20)21)14(17)12-7-5-4-6-8-12/h4-8,13-14H,9-11,17H2,1-3H3,(H,20,21). The number of carbonyl (C=O) groups is 1. The Bertz CT molecular complexity index is 484. The molecule has 2 atom stereocenters. The van der Waals surface area contributed by atoms with Gasteiger partial charge in [0.1, 0.15) is 0 Å². The Morgan fingerprint density at radius 1 is 1.29 bits per heavy atom. The van der Waals surface area contributed by atoms with Crippen LogP contribution >= 0.6 is 0 Å². The van der Waals surface area contributed by atoms with Gasteiger partial charge in [0.2, 0.25) is 0 Å². The van der Waals surface area contributed by atoms with Crippen LogP contribution in [0.5, 0.6) is 0 Å². The van der Waals surface area contributed by atoms with Crippen molar-refractivity contribution in [2.75, 3.05) is 19.6 Å². The first-order valence-corrected chi connectivity index (χ1v) is 7.35. The number of hydrogen-bond donors (Lipinski definition) is 2. The Labute approximate surface area is 126 Å². The Morgan fingerprint density at radius 2 is 1.90 bits per heavy atom. The molecule has 21 heavy (non-hydrogen) atoms. The van der Waals surface area contributed by atoms with Crippen molar-refractivity contribution in [3.63, 3.8) is 0 Å². The van der Waals surface area contributed by atoms with E-state index in [0.29, 0.717) is 19.6 Å². The summed E-state index contributed by atoms with van der Waals surface area (Å²) in [6, 6.07) is 9.89. The highest BCUT2D eigenvalue weighted by Crippen LogP contribution is 2.30. The average molecular weight is 291 g/mol. The van der Waals surface area contributed by atoms with Gasteiger partial charge < -0.3 is 15.7 Å². The van der Waals surface area contributed by atoms with Gasteiger partial charge in [0, 0.05) is 19.6 Å². The van der Waals surface area contributed by atoms with Crippen molar-refractivity contribution in [3.05, 3.63) is 35.9 Å². The maximum atomic E-state index is 11.4. The van der Waals surface area contributed by atoms with Crippen molar-refractivity contribution in [3.8, 4) is 0 Å². The molecule has 1 saturated heterocycles. The highest BCUT2D eigenvalue weighted by molar-refractivity contribution is 5.65. The summed E-state index contributed by atoms with van der Waals surface area (Å²) in [4.78, 5) is 15.2. The monoisotopic (exact) mass is 291 g/mol. The quantitative estimate of drug-likeness (QED) is 0.877. The first-order valence-electron chi connectivity index (χ1n) is 7.35. The Kier molecular flexibility index (Phi) is 4.54. The largest absolute Gasteiger partial charge is 0.465 e. The fraction of sp³-hybridized carbons (Fsp3) is 0.562. The summed E-state index contributed by atoms with van der Waals surface area (Å²) in [5.41, 5.74) is 7.30. The number of nitrogens with two attached hydrogens (primary N) is 1. The van der Waals surface area contributed by atoms with Gasteiger partial charge in [-0.25, -0.2) is 4.79 Å². The molecule has 5 nitrogen and oxygen atoms in total. The minimum Gasteiger partial charge on any atom is -0.465 e. The van der Waals surface area contributed by atoms with Crippen LogP contribution in [0.1, 0.15) is 32.5 Å². The maximum Gasteiger partial charge on any atom is 0.407 e. The summed E-state index contributed by atoms with van der Waals surface area (Å²) in [6.07, 6.45) is -1.03. The van der Waals surface area contributed by atoms with E-state index in [0.717, 1.165) is 5.56 Å². The van der Waals surface area contributed by atoms with E-state index in [1.807, 2.05) is 30.3 Å². The molecule has 1 aliphatic heterocycles. The fourth-order valence-electron chi connectivity index (χ4n) is 2.89. The summed E-state index contributed by atoms with van der Waals surface area (Å²) >= 11 is 0. The molecular formula is C16H25N3O2. The van der Waals surface area contributed by atoms with Gasteiger partial charge in [0.15, 0.2) is 0 Å². The van der Waals surface area contributed by atoms with E-state index >= 15 is 0 Å². The van der Waals surface area contributed by atoms with Crippen LogP contribution in [0.2, 0.25) is 0 Å². The predicted molar refractivity (Wildman–Crippen MR) is 82.9 cm³/mol. The molecule has 1 heterocycles. The molecule has 0 aromatic heterocycles. The zero-order valence-corrected chi connectivity index (χ0v) is 13.0. The van der Waals surface area contributed by atoms with Crippen LogP contribution in [0.3, 0.4) is 0 Å². The van der Waals surface area contributed by atoms with Crippen LogP contribution in [0.15, 0.2) is 30.3 Å². The molecule has 1 aliphatic rings. The number of rotatable bonds is 2. The molecule has 0 spiro atoms. The molecule has 1 amide bonds. The zero-order valence-electron chi connectivity index (χ0n) is 13.0. The Morgan fingerprint density at radius 3 is 2.43 bits per heavy atom. The van der Waals surface area contributed by atoms with E-state index in [9.17, 15) is 9.90 Å². The number of nitrogens with zero attached hydrogens (tertiary/aromatic N) is 2. The molecule has 1 fully saturated rings. The molecule has 0 radical (unpaired) electrons. The van der Waals surface area contributed by atoms with Crippen molar-refractivity contribution in [1.82, 2.24) is 9.80 Å². The predicted octanol–water partition coefficient (Wildman–Crippen LogP) is 2.35. The summed E-state index contributed by atoms with van der Waals surface area (Å²) in [7, 11) is 0. The molecule has 1 aromatic carbocycles. The third-order valence-corrected chi connectivity index (χ3v) is 4.19. The SMILES string of the molecule is CC(C)(C)C1CN(C(N)c2ccccc2)CCN1C(=O)O. The third-order valence-electron chi connectivity index (χ3n) is 4.19. The molecule has 5 heteroatoms. The van der Waals surface area contributed by atoms with Crippen molar-refractivity contribution < 1.29 is 9.90 Å². The number of piperazine rings is 1. The van der Waals surface area contributed by atoms with Gasteiger partial charge in [0.05, 0.1) is 12.2 Å². The second-order valence-electron chi connectivity index (χ2n) is 6.71. The van der Waals surface area contributed by atoms with Gasteiger partial charge in [-0.3, -0.25) is 4.90 Å². The topological polar surface area (TPSA) is 69.8 Å². The highest BCUT2D eigenvalue weighted by Gasteiger charge is 2.39. The zero-order chi connectivity index (χ0) is 15.6. The first kappa shape index (κ1) is 15.8. The Hall–Kier alpha value is -1.59. The fourth-order valence-corrected chi connectivity index (χ4v) is 2.89. The van der Waals surface area contributed by atoms with Crippen LogP contribution in [0, 0.1) is 5.41 Å². The number of amides is 1. The summed E-state index contributed by atoms with van der Waals surface area (Å²) in [5.74, 6) is 0. The normalized spacial score (nSPS) is 22.1. The van der Waals surface area contributed by atoms with E-state index in [2.05, 4.69) is 25.7 Å². The van der Waals surface area contributed by atoms with Gasteiger partial charge >= 0.3 is 6.09 Å². The molecule has 116 valence electrons. The van der Waals surface area contributed by atoms with Crippen LogP contribution < -0.4 is 5.73 Å². The van der Waals surface area contributed by atoms with Crippen LogP contribution in [-0.4, -0.2) is 46.7 Å². The van der Waals surface area contributed by atoms with E-state index < -0.39 is 6.09 Å².